The minimum atomic E-state index is -0.409. The lowest BCUT2D eigenvalue weighted by molar-refractivity contribution is -0.145. The Kier molecular flexibility index (Phi) is 6.51. The molecule has 0 atom stereocenters. The van der Waals surface area contributed by atoms with Gasteiger partial charge in [0.15, 0.2) is 12.0 Å². The number of hydrogen-bond acceptors (Lipinski definition) is 6. The molecule has 0 bridgehead atoms. The van der Waals surface area contributed by atoms with Gasteiger partial charge in [-0.05, 0) is 32.9 Å². The van der Waals surface area contributed by atoms with Gasteiger partial charge in [0, 0.05) is 20.3 Å². The molecule has 0 spiro atoms. The molecule has 132 valence electrons. The van der Waals surface area contributed by atoms with Crippen molar-refractivity contribution in [2.45, 2.75) is 40.2 Å². The number of carbonyl (C=O) groups excluding carboxylic acids is 1. The molecule has 24 heavy (non-hydrogen) atoms. The first kappa shape index (κ1) is 18.2. The van der Waals surface area contributed by atoms with Gasteiger partial charge in [-0.15, -0.1) is 5.10 Å². The molecule has 8 heteroatoms. The summed E-state index contributed by atoms with van der Waals surface area (Å²) in [5.74, 6) is 1.32. The summed E-state index contributed by atoms with van der Waals surface area (Å²) in [5, 5.41) is 7.91. The van der Waals surface area contributed by atoms with Gasteiger partial charge in [-0.3, -0.25) is 4.79 Å². The van der Waals surface area contributed by atoms with Crippen LogP contribution in [0.2, 0.25) is 0 Å². The second kappa shape index (κ2) is 8.60. The average molecular weight is 336 g/mol. The lowest BCUT2D eigenvalue weighted by Gasteiger charge is -2.16. The number of aromatic nitrogens is 3. The van der Waals surface area contributed by atoms with E-state index in [-0.39, 0.29) is 11.6 Å². The van der Waals surface area contributed by atoms with Crippen LogP contribution in [0, 0.1) is 6.92 Å². The normalized spacial score (nSPS) is 11.2. The topological polar surface area (TPSA) is 82.6 Å². The summed E-state index contributed by atoms with van der Waals surface area (Å²) in [7, 11) is 1.70. The van der Waals surface area contributed by atoms with E-state index < -0.39 is 6.29 Å². The van der Waals surface area contributed by atoms with Crippen molar-refractivity contribution >= 4 is 5.91 Å². The van der Waals surface area contributed by atoms with Crippen LogP contribution in [-0.4, -0.2) is 52.4 Å². The zero-order chi connectivity index (χ0) is 17.5. The summed E-state index contributed by atoms with van der Waals surface area (Å²) in [5.41, 5.74) is 0.271. The fourth-order valence-corrected chi connectivity index (χ4v) is 2.23. The zero-order valence-electron chi connectivity index (χ0n) is 14.6. The minimum absolute atomic E-state index is 0.223. The Bertz CT molecular complexity index is 646. The summed E-state index contributed by atoms with van der Waals surface area (Å²) in [6, 6.07) is 3.72. The summed E-state index contributed by atoms with van der Waals surface area (Å²) in [4.78, 5) is 13.9. The third kappa shape index (κ3) is 4.90. The van der Waals surface area contributed by atoms with Crippen molar-refractivity contribution in [2.24, 2.45) is 0 Å². The molecule has 0 aliphatic heterocycles. The van der Waals surface area contributed by atoms with Gasteiger partial charge >= 0.3 is 0 Å². The predicted octanol–water partition coefficient (Wildman–Crippen LogP) is 1.85. The molecule has 0 aromatic carbocycles. The van der Waals surface area contributed by atoms with Crippen molar-refractivity contribution < 1.29 is 18.7 Å². The number of rotatable bonds is 9. The van der Waals surface area contributed by atoms with Crippen molar-refractivity contribution in [3.63, 3.8) is 0 Å². The molecule has 0 unspecified atom stereocenters. The van der Waals surface area contributed by atoms with E-state index in [1.165, 1.54) is 4.90 Å². The van der Waals surface area contributed by atoms with Gasteiger partial charge in [0.25, 0.3) is 5.91 Å². The fourth-order valence-electron chi connectivity index (χ4n) is 2.23. The number of amides is 1. The van der Waals surface area contributed by atoms with Crippen molar-refractivity contribution in [1.29, 1.82) is 0 Å². The first-order valence-corrected chi connectivity index (χ1v) is 7.97. The van der Waals surface area contributed by atoms with E-state index >= 15 is 0 Å². The molecule has 0 saturated carbocycles. The molecule has 0 radical (unpaired) electrons. The molecule has 0 aliphatic rings. The van der Waals surface area contributed by atoms with Crippen LogP contribution >= 0.6 is 0 Å². The van der Waals surface area contributed by atoms with Crippen LogP contribution in [0.4, 0.5) is 0 Å². The SMILES string of the molecule is CCOC(Cn1cc(C(=O)N(C)Cc2ccc(C)o2)nn1)OCC. The molecular formula is C16H24N4O4. The molecule has 0 fully saturated rings. The molecule has 2 aromatic heterocycles. The highest BCUT2D eigenvalue weighted by atomic mass is 16.7. The smallest absolute Gasteiger partial charge is 0.276 e. The summed E-state index contributed by atoms with van der Waals surface area (Å²) in [6.07, 6.45) is 1.19. The molecular weight excluding hydrogens is 312 g/mol. The lowest BCUT2D eigenvalue weighted by Crippen LogP contribution is -2.26. The predicted molar refractivity (Wildman–Crippen MR) is 86.3 cm³/mol. The van der Waals surface area contributed by atoms with E-state index in [1.54, 1.807) is 17.9 Å². The molecule has 2 rings (SSSR count). The number of furan rings is 1. The first-order valence-electron chi connectivity index (χ1n) is 7.97. The molecule has 0 N–H and O–H groups in total. The van der Waals surface area contributed by atoms with Gasteiger partial charge in [0.1, 0.15) is 11.5 Å². The maximum absolute atomic E-state index is 12.4. The van der Waals surface area contributed by atoms with Crippen molar-refractivity contribution in [3.05, 3.63) is 35.5 Å². The largest absolute Gasteiger partial charge is 0.464 e. The van der Waals surface area contributed by atoms with E-state index in [1.807, 2.05) is 32.9 Å². The third-order valence-corrected chi connectivity index (χ3v) is 3.33. The van der Waals surface area contributed by atoms with E-state index in [2.05, 4.69) is 10.3 Å². The number of carbonyl (C=O) groups is 1. The maximum atomic E-state index is 12.4. The van der Waals surface area contributed by atoms with Gasteiger partial charge in [0.2, 0.25) is 0 Å². The molecule has 0 saturated heterocycles. The highest BCUT2D eigenvalue weighted by Gasteiger charge is 2.18. The van der Waals surface area contributed by atoms with E-state index in [0.717, 1.165) is 11.5 Å². The molecule has 2 aromatic rings. The summed E-state index contributed by atoms with van der Waals surface area (Å²) < 4.78 is 18.0. The summed E-state index contributed by atoms with van der Waals surface area (Å²) in [6.45, 7) is 7.49. The second-order valence-electron chi connectivity index (χ2n) is 5.34. The molecule has 8 nitrogen and oxygen atoms in total. The average Bonchev–Trinajstić information content (AvgIpc) is 3.16. The molecule has 0 aliphatic carbocycles. The Labute approximate surface area is 141 Å². The number of hydrogen-bond donors (Lipinski definition) is 0. The van der Waals surface area contributed by atoms with Crippen LogP contribution in [0.5, 0.6) is 0 Å². The van der Waals surface area contributed by atoms with Crippen molar-refractivity contribution in [1.82, 2.24) is 19.9 Å². The third-order valence-electron chi connectivity index (χ3n) is 3.33. The Balaban J connectivity index is 1.96. The van der Waals surface area contributed by atoms with E-state index in [0.29, 0.717) is 26.3 Å². The van der Waals surface area contributed by atoms with Crippen LogP contribution in [-0.2, 0) is 22.6 Å². The number of nitrogens with zero attached hydrogens (tertiary/aromatic N) is 4. The van der Waals surface area contributed by atoms with Gasteiger partial charge in [-0.2, -0.15) is 0 Å². The van der Waals surface area contributed by atoms with Gasteiger partial charge in [-0.25, -0.2) is 4.68 Å². The second-order valence-corrected chi connectivity index (χ2v) is 5.34. The van der Waals surface area contributed by atoms with Crippen LogP contribution < -0.4 is 0 Å². The first-order chi connectivity index (χ1) is 11.5. The minimum Gasteiger partial charge on any atom is -0.464 e. The van der Waals surface area contributed by atoms with Gasteiger partial charge in [0.05, 0.1) is 19.3 Å². The Morgan fingerprint density at radius 3 is 2.62 bits per heavy atom. The quantitative estimate of drug-likeness (QED) is 0.650. The van der Waals surface area contributed by atoms with Crippen LogP contribution in [0.1, 0.15) is 35.9 Å². The van der Waals surface area contributed by atoms with Crippen LogP contribution in [0.25, 0.3) is 0 Å². The standard InChI is InChI=1S/C16H24N4O4/c1-5-22-15(23-6-2)11-20-10-14(17-18-20)16(21)19(4)9-13-8-7-12(3)24-13/h7-8,10,15H,5-6,9,11H2,1-4H3. The zero-order valence-corrected chi connectivity index (χ0v) is 14.6. The number of ether oxygens (including phenoxy) is 2. The van der Waals surface area contributed by atoms with Crippen LogP contribution in [0.3, 0.4) is 0 Å². The number of aryl methyl sites for hydroxylation is 1. The Morgan fingerprint density at radius 1 is 1.33 bits per heavy atom. The Hall–Kier alpha value is -2.19. The lowest BCUT2D eigenvalue weighted by atomic mass is 10.3. The van der Waals surface area contributed by atoms with Crippen molar-refractivity contribution in [3.8, 4) is 0 Å². The fraction of sp³-hybridized carbons (Fsp3) is 0.562. The Morgan fingerprint density at radius 2 is 2.04 bits per heavy atom. The molecule has 1 amide bonds. The van der Waals surface area contributed by atoms with Crippen molar-refractivity contribution in [2.75, 3.05) is 20.3 Å². The van der Waals surface area contributed by atoms with E-state index in [9.17, 15) is 4.79 Å². The molecule has 2 heterocycles. The maximum Gasteiger partial charge on any atom is 0.276 e. The highest BCUT2D eigenvalue weighted by Crippen LogP contribution is 2.10. The highest BCUT2D eigenvalue weighted by molar-refractivity contribution is 5.91. The van der Waals surface area contributed by atoms with Crippen LogP contribution in [0.15, 0.2) is 22.7 Å². The monoisotopic (exact) mass is 336 g/mol. The van der Waals surface area contributed by atoms with E-state index in [4.69, 9.17) is 13.9 Å². The van der Waals surface area contributed by atoms with Gasteiger partial charge in [-0.1, -0.05) is 5.21 Å². The van der Waals surface area contributed by atoms with Gasteiger partial charge < -0.3 is 18.8 Å². The summed E-state index contributed by atoms with van der Waals surface area (Å²) >= 11 is 0.